The molecule has 0 fully saturated rings. The van der Waals surface area contributed by atoms with Gasteiger partial charge in [-0.25, -0.2) is 0 Å². The maximum atomic E-state index is 12.1. The number of ether oxygens (including phenoxy) is 1. The first-order valence-electron chi connectivity index (χ1n) is 6.44. The molecule has 1 N–H and O–H groups in total. The SMILES string of the molecule is CC(=O)C(C)(C)C(C)(C)C(=O)NCCOC(C)C. The third kappa shape index (κ3) is 4.09. The molecular formula is C14H27NO3. The molecule has 0 aliphatic heterocycles. The van der Waals surface area contributed by atoms with E-state index in [0.29, 0.717) is 13.2 Å². The van der Waals surface area contributed by atoms with Crippen LogP contribution in [0.15, 0.2) is 0 Å². The van der Waals surface area contributed by atoms with Crippen LogP contribution in [0.5, 0.6) is 0 Å². The van der Waals surface area contributed by atoms with Crippen LogP contribution in [0.2, 0.25) is 0 Å². The standard InChI is InChI=1S/C14H27NO3/c1-10(2)18-9-8-15-12(17)14(6,7)13(4,5)11(3)16/h10H,8-9H2,1-7H3,(H,15,17). The van der Waals surface area contributed by atoms with Gasteiger partial charge in [0.1, 0.15) is 5.78 Å². The average molecular weight is 257 g/mol. The summed E-state index contributed by atoms with van der Waals surface area (Å²) < 4.78 is 5.36. The summed E-state index contributed by atoms with van der Waals surface area (Å²) in [5, 5.41) is 2.82. The largest absolute Gasteiger partial charge is 0.377 e. The van der Waals surface area contributed by atoms with E-state index in [-0.39, 0.29) is 17.8 Å². The summed E-state index contributed by atoms with van der Waals surface area (Å²) in [7, 11) is 0. The van der Waals surface area contributed by atoms with Gasteiger partial charge in [0, 0.05) is 12.0 Å². The summed E-state index contributed by atoms with van der Waals surface area (Å²) >= 11 is 0. The van der Waals surface area contributed by atoms with Crippen molar-refractivity contribution in [1.29, 1.82) is 0 Å². The fourth-order valence-corrected chi connectivity index (χ4v) is 1.40. The van der Waals surface area contributed by atoms with Crippen LogP contribution in [0.4, 0.5) is 0 Å². The second kappa shape index (κ2) is 6.32. The van der Waals surface area contributed by atoms with Crippen molar-refractivity contribution in [2.75, 3.05) is 13.2 Å². The normalized spacial score (nSPS) is 12.7. The number of Topliss-reactive ketones (excluding diaryl/α,β-unsaturated/α-hetero) is 1. The minimum Gasteiger partial charge on any atom is -0.377 e. The van der Waals surface area contributed by atoms with Gasteiger partial charge in [0.05, 0.1) is 18.1 Å². The van der Waals surface area contributed by atoms with Crippen molar-refractivity contribution < 1.29 is 14.3 Å². The van der Waals surface area contributed by atoms with Crippen molar-refractivity contribution >= 4 is 11.7 Å². The number of ketones is 1. The molecule has 18 heavy (non-hydrogen) atoms. The van der Waals surface area contributed by atoms with Crippen molar-refractivity contribution in [3.8, 4) is 0 Å². The maximum absolute atomic E-state index is 12.1. The van der Waals surface area contributed by atoms with E-state index >= 15 is 0 Å². The molecule has 0 aromatic carbocycles. The molecule has 106 valence electrons. The molecule has 0 rings (SSSR count). The molecule has 0 atom stereocenters. The molecule has 1 amide bonds. The molecular weight excluding hydrogens is 230 g/mol. The number of hydrogen-bond donors (Lipinski definition) is 1. The Kier molecular flexibility index (Phi) is 6.00. The van der Waals surface area contributed by atoms with Crippen LogP contribution in [0.25, 0.3) is 0 Å². The molecule has 0 bridgehead atoms. The monoisotopic (exact) mass is 257 g/mol. The van der Waals surface area contributed by atoms with Crippen LogP contribution in [-0.2, 0) is 14.3 Å². The van der Waals surface area contributed by atoms with Crippen molar-refractivity contribution in [2.45, 2.75) is 54.6 Å². The molecule has 0 heterocycles. The van der Waals surface area contributed by atoms with Crippen LogP contribution in [-0.4, -0.2) is 30.9 Å². The van der Waals surface area contributed by atoms with E-state index in [4.69, 9.17) is 4.74 Å². The van der Waals surface area contributed by atoms with Crippen molar-refractivity contribution in [3.63, 3.8) is 0 Å². The highest BCUT2D eigenvalue weighted by molar-refractivity contribution is 5.92. The predicted molar refractivity (Wildman–Crippen MR) is 72.3 cm³/mol. The van der Waals surface area contributed by atoms with Crippen molar-refractivity contribution in [2.24, 2.45) is 10.8 Å². The zero-order valence-electron chi connectivity index (χ0n) is 12.7. The van der Waals surface area contributed by atoms with E-state index < -0.39 is 10.8 Å². The lowest BCUT2D eigenvalue weighted by molar-refractivity contribution is -0.144. The Morgan fingerprint density at radius 1 is 1.11 bits per heavy atom. The van der Waals surface area contributed by atoms with Crippen LogP contribution in [0.3, 0.4) is 0 Å². The topological polar surface area (TPSA) is 55.4 Å². The fourth-order valence-electron chi connectivity index (χ4n) is 1.40. The number of carbonyl (C=O) groups excluding carboxylic acids is 2. The Bertz CT molecular complexity index is 306. The summed E-state index contributed by atoms with van der Waals surface area (Å²) in [6, 6.07) is 0. The van der Waals surface area contributed by atoms with Gasteiger partial charge in [0.2, 0.25) is 5.91 Å². The first kappa shape index (κ1) is 17.1. The van der Waals surface area contributed by atoms with E-state index in [1.807, 2.05) is 13.8 Å². The van der Waals surface area contributed by atoms with Gasteiger partial charge >= 0.3 is 0 Å². The van der Waals surface area contributed by atoms with Crippen molar-refractivity contribution in [1.82, 2.24) is 5.32 Å². The second-order valence-corrected chi connectivity index (χ2v) is 5.98. The van der Waals surface area contributed by atoms with Crippen LogP contribution >= 0.6 is 0 Å². The van der Waals surface area contributed by atoms with Gasteiger partial charge in [0.15, 0.2) is 0 Å². The highest BCUT2D eigenvalue weighted by atomic mass is 16.5. The van der Waals surface area contributed by atoms with E-state index in [1.165, 1.54) is 6.92 Å². The third-order valence-electron chi connectivity index (χ3n) is 3.85. The zero-order chi connectivity index (χ0) is 14.6. The number of rotatable bonds is 7. The minimum atomic E-state index is -0.739. The van der Waals surface area contributed by atoms with E-state index in [0.717, 1.165) is 0 Å². The summed E-state index contributed by atoms with van der Waals surface area (Å²) in [4.78, 5) is 23.8. The Morgan fingerprint density at radius 3 is 2.00 bits per heavy atom. The van der Waals surface area contributed by atoms with Gasteiger partial charge in [-0.15, -0.1) is 0 Å². The fraction of sp³-hybridized carbons (Fsp3) is 0.857. The molecule has 0 spiro atoms. The zero-order valence-corrected chi connectivity index (χ0v) is 12.7. The van der Waals surface area contributed by atoms with Crippen LogP contribution in [0.1, 0.15) is 48.5 Å². The molecule has 0 aromatic heterocycles. The number of hydrogen-bond acceptors (Lipinski definition) is 3. The predicted octanol–water partition coefficient (Wildman–Crippen LogP) is 2.17. The van der Waals surface area contributed by atoms with E-state index in [9.17, 15) is 9.59 Å². The lowest BCUT2D eigenvalue weighted by atomic mass is 9.65. The highest BCUT2D eigenvalue weighted by Gasteiger charge is 2.46. The quantitative estimate of drug-likeness (QED) is 0.711. The smallest absolute Gasteiger partial charge is 0.226 e. The molecule has 0 saturated carbocycles. The molecule has 0 saturated heterocycles. The summed E-state index contributed by atoms with van der Waals surface area (Å²) in [5.41, 5.74) is -1.42. The molecule has 0 unspecified atom stereocenters. The second-order valence-electron chi connectivity index (χ2n) is 5.98. The number of nitrogens with one attached hydrogen (secondary N) is 1. The Balaban J connectivity index is 4.45. The first-order chi connectivity index (χ1) is 8.03. The van der Waals surface area contributed by atoms with Gasteiger partial charge in [0.25, 0.3) is 0 Å². The molecule has 0 aliphatic rings. The van der Waals surface area contributed by atoms with Gasteiger partial charge in [-0.1, -0.05) is 27.7 Å². The Morgan fingerprint density at radius 2 is 1.61 bits per heavy atom. The average Bonchev–Trinajstić information content (AvgIpc) is 2.23. The van der Waals surface area contributed by atoms with Gasteiger partial charge in [-0.2, -0.15) is 0 Å². The molecule has 4 heteroatoms. The molecule has 0 aliphatic carbocycles. The van der Waals surface area contributed by atoms with Crippen LogP contribution in [0, 0.1) is 10.8 Å². The molecule has 0 aromatic rings. The lowest BCUT2D eigenvalue weighted by Gasteiger charge is -2.38. The third-order valence-corrected chi connectivity index (χ3v) is 3.85. The summed E-state index contributed by atoms with van der Waals surface area (Å²) in [5.74, 6) is -0.101. The first-order valence-corrected chi connectivity index (χ1v) is 6.44. The highest BCUT2D eigenvalue weighted by Crippen LogP contribution is 2.39. The summed E-state index contributed by atoms with van der Waals surface area (Å²) in [6.07, 6.45) is 0.156. The summed E-state index contributed by atoms with van der Waals surface area (Å²) in [6.45, 7) is 13.6. The lowest BCUT2D eigenvalue weighted by Crippen LogP contribution is -2.50. The maximum Gasteiger partial charge on any atom is 0.226 e. The van der Waals surface area contributed by atoms with Gasteiger partial charge < -0.3 is 10.1 Å². The van der Waals surface area contributed by atoms with Crippen LogP contribution < -0.4 is 5.32 Å². The minimum absolute atomic E-state index is 0.0149. The number of amides is 1. The van der Waals surface area contributed by atoms with Gasteiger partial charge in [-0.05, 0) is 20.8 Å². The van der Waals surface area contributed by atoms with Gasteiger partial charge in [-0.3, -0.25) is 9.59 Å². The Labute approximate surface area is 110 Å². The van der Waals surface area contributed by atoms with E-state index in [2.05, 4.69) is 5.32 Å². The Hall–Kier alpha value is -0.900. The van der Waals surface area contributed by atoms with Crippen molar-refractivity contribution in [3.05, 3.63) is 0 Å². The van der Waals surface area contributed by atoms with E-state index in [1.54, 1.807) is 27.7 Å². The molecule has 4 nitrogen and oxygen atoms in total. The number of carbonyl (C=O) groups is 2. The molecule has 0 radical (unpaired) electrons.